The summed E-state index contributed by atoms with van der Waals surface area (Å²) in [7, 11) is 0. The number of carbonyl (C=O) groups excluding carboxylic acids is 3. The summed E-state index contributed by atoms with van der Waals surface area (Å²) >= 11 is 0. The molecular weight excluding hydrogens is 438 g/mol. The topological polar surface area (TPSA) is 134 Å². The van der Waals surface area contributed by atoms with Gasteiger partial charge in [-0.15, -0.1) is 0 Å². The first-order valence-corrected chi connectivity index (χ1v) is 10.9. The molecule has 2 atom stereocenters. The maximum atomic E-state index is 12.8. The molecule has 0 bridgehead atoms. The van der Waals surface area contributed by atoms with Gasteiger partial charge in [0.25, 0.3) is 0 Å². The van der Waals surface area contributed by atoms with Crippen LogP contribution in [0.1, 0.15) is 31.9 Å². The smallest absolute Gasteiger partial charge is 0.408 e. The van der Waals surface area contributed by atoms with Crippen molar-refractivity contribution in [3.8, 4) is 0 Å². The summed E-state index contributed by atoms with van der Waals surface area (Å²) in [5.74, 6) is -2.44. The Labute approximate surface area is 198 Å². The lowest BCUT2D eigenvalue weighted by Crippen LogP contribution is -2.52. The standard InChI is InChI=1S/C25H31N3O6/c1-25(2,3)34-24(33)28-19(14-17-10-6-4-7-11-17)22(30)26-16-21(29)27-20(23(31)32)15-18-12-8-5-9-13-18/h4-13,19-20H,14-16H2,1-3H3,(H,26,30)(H,27,29)(H,28,33)(H,31,32)/t19-,20-/m0/s1. The van der Waals surface area contributed by atoms with Gasteiger partial charge in [-0.1, -0.05) is 60.7 Å². The van der Waals surface area contributed by atoms with E-state index in [1.54, 1.807) is 45.0 Å². The molecule has 4 N–H and O–H groups in total. The number of carbonyl (C=O) groups is 4. The second kappa shape index (κ2) is 12.4. The number of nitrogens with one attached hydrogen (secondary N) is 3. The fraction of sp³-hybridized carbons (Fsp3) is 0.360. The molecule has 2 aromatic carbocycles. The van der Waals surface area contributed by atoms with E-state index in [9.17, 15) is 24.3 Å². The fourth-order valence-electron chi connectivity index (χ4n) is 3.09. The number of hydrogen-bond acceptors (Lipinski definition) is 5. The molecule has 2 rings (SSSR count). The number of carboxylic acid groups (broad SMARTS) is 1. The SMILES string of the molecule is CC(C)(C)OC(=O)N[C@@H](Cc1ccccc1)C(=O)NCC(=O)N[C@@H](Cc1ccccc1)C(=O)O. The Hall–Kier alpha value is -3.88. The van der Waals surface area contributed by atoms with Gasteiger partial charge in [-0.2, -0.15) is 0 Å². The van der Waals surface area contributed by atoms with E-state index in [0.717, 1.165) is 11.1 Å². The summed E-state index contributed by atoms with van der Waals surface area (Å²) in [4.78, 5) is 48.9. The summed E-state index contributed by atoms with van der Waals surface area (Å²) in [5, 5.41) is 16.9. The molecule has 34 heavy (non-hydrogen) atoms. The van der Waals surface area contributed by atoms with Crippen molar-refractivity contribution < 1.29 is 29.0 Å². The zero-order valence-corrected chi connectivity index (χ0v) is 19.5. The third kappa shape index (κ3) is 9.72. The highest BCUT2D eigenvalue weighted by atomic mass is 16.6. The third-order valence-corrected chi connectivity index (χ3v) is 4.63. The molecule has 0 radical (unpaired) electrons. The van der Waals surface area contributed by atoms with Crippen LogP contribution in [0.25, 0.3) is 0 Å². The number of carboxylic acids is 1. The number of benzene rings is 2. The fourth-order valence-corrected chi connectivity index (χ4v) is 3.09. The van der Waals surface area contributed by atoms with Gasteiger partial charge in [0.2, 0.25) is 11.8 Å². The number of aliphatic carboxylic acids is 1. The van der Waals surface area contributed by atoms with Crippen LogP contribution in [-0.2, 0) is 32.0 Å². The molecule has 0 aliphatic rings. The molecule has 0 aliphatic heterocycles. The van der Waals surface area contributed by atoms with Gasteiger partial charge in [-0.3, -0.25) is 9.59 Å². The minimum absolute atomic E-state index is 0.104. The molecule has 0 saturated heterocycles. The molecule has 182 valence electrons. The number of hydrogen-bond donors (Lipinski definition) is 4. The lowest BCUT2D eigenvalue weighted by atomic mass is 10.1. The highest BCUT2D eigenvalue weighted by Crippen LogP contribution is 2.09. The Balaban J connectivity index is 1.98. The predicted octanol–water partition coefficient (Wildman–Crippen LogP) is 2.05. The van der Waals surface area contributed by atoms with Crippen molar-refractivity contribution in [3.63, 3.8) is 0 Å². The number of ether oxygens (including phenoxy) is 1. The van der Waals surface area contributed by atoms with Gasteiger partial charge in [0.15, 0.2) is 0 Å². The molecule has 9 heteroatoms. The van der Waals surface area contributed by atoms with Crippen molar-refractivity contribution in [1.82, 2.24) is 16.0 Å². The number of amides is 3. The molecule has 0 aromatic heterocycles. The van der Waals surface area contributed by atoms with Crippen molar-refractivity contribution in [1.29, 1.82) is 0 Å². The van der Waals surface area contributed by atoms with Crippen LogP contribution in [0.2, 0.25) is 0 Å². The maximum absolute atomic E-state index is 12.8. The predicted molar refractivity (Wildman–Crippen MR) is 126 cm³/mol. The van der Waals surface area contributed by atoms with Gasteiger partial charge in [0, 0.05) is 12.8 Å². The molecular formula is C25H31N3O6. The third-order valence-electron chi connectivity index (χ3n) is 4.63. The molecule has 0 spiro atoms. The highest BCUT2D eigenvalue weighted by molar-refractivity contribution is 5.91. The molecule has 0 unspecified atom stereocenters. The van der Waals surface area contributed by atoms with Gasteiger partial charge in [-0.25, -0.2) is 9.59 Å². The lowest BCUT2D eigenvalue weighted by Gasteiger charge is -2.23. The van der Waals surface area contributed by atoms with Crippen LogP contribution in [-0.4, -0.2) is 53.2 Å². The second-order valence-corrected chi connectivity index (χ2v) is 8.75. The summed E-state index contributed by atoms with van der Waals surface area (Å²) < 4.78 is 5.24. The minimum Gasteiger partial charge on any atom is -0.480 e. The Morgan fingerprint density at radius 2 is 1.32 bits per heavy atom. The van der Waals surface area contributed by atoms with Gasteiger partial charge < -0.3 is 25.8 Å². The van der Waals surface area contributed by atoms with Crippen molar-refractivity contribution in [2.75, 3.05) is 6.54 Å². The molecule has 0 saturated carbocycles. The van der Waals surface area contributed by atoms with E-state index in [-0.39, 0.29) is 12.8 Å². The van der Waals surface area contributed by atoms with Crippen molar-refractivity contribution in [3.05, 3.63) is 71.8 Å². The monoisotopic (exact) mass is 469 g/mol. The molecule has 3 amide bonds. The number of rotatable bonds is 10. The molecule has 2 aromatic rings. The van der Waals surface area contributed by atoms with E-state index >= 15 is 0 Å². The van der Waals surface area contributed by atoms with E-state index < -0.39 is 48.1 Å². The van der Waals surface area contributed by atoms with E-state index in [0.29, 0.717) is 0 Å². The normalized spacial score (nSPS) is 12.7. The summed E-state index contributed by atoms with van der Waals surface area (Å²) in [6.07, 6.45) is -0.478. The van der Waals surface area contributed by atoms with Gasteiger partial charge in [-0.05, 0) is 31.9 Å². The van der Waals surface area contributed by atoms with E-state index in [2.05, 4.69) is 16.0 Å². The molecule has 0 aliphatic carbocycles. The number of alkyl carbamates (subject to hydrolysis) is 1. The average molecular weight is 470 g/mol. The summed E-state index contributed by atoms with van der Waals surface area (Å²) in [6, 6.07) is 15.8. The average Bonchev–Trinajstić information content (AvgIpc) is 2.76. The van der Waals surface area contributed by atoms with E-state index in [1.165, 1.54) is 0 Å². The molecule has 0 fully saturated rings. The van der Waals surface area contributed by atoms with Crippen LogP contribution >= 0.6 is 0 Å². The minimum atomic E-state index is -1.18. The quantitative estimate of drug-likeness (QED) is 0.421. The Bertz CT molecular complexity index is 973. The Morgan fingerprint density at radius 3 is 1.79 bits per heavy atom. The van der Waals surface area contributed by atoms with Crippen molar-refractivity contribution in [2.24, 2.45) is 0 Å². The summed E-state index contributed by atoms with van der Waals surface area (Å²) in [5.41, 5.74) is 0.809. The van der Waals surface area contributed by atoms with Crippen LogP contribution < -0.4 is 16.0 Å². The van der Waals surface area contributed by atoms with E-state index in [4.69, 9.17) is 4.74 Å². The maximum Gasteiger partial charge on any atom is 0.408 e. The zero-order valence-electron chi connectivity index (χ0n) is 19.5. The Kier molecular flexibility index (Phi) is 9.61. The van der Waals surface area contributed by atoms with Crippen LogP contribution in [0.3, 0.4) is 0 Å². The Morgan fingerprint density at radius 1 is 0.824 bits per heavy atom. The highest BCUT2D eigenvalue weighted by Gasteiger charge is 2.26. The van der Waals surface area contributed by atoms with E-state index in [1.807, 2.05) is 36.4 Å². The second-order valence-electron chi connectivity index (χ2n) is 8.75. The van der Waals surface area contributed by atoms with Crippen molar-refractivity contribution >= 4 is 23.9 Å². The first-order chi connectivity index (χ1) is 16.0. The van der Waals surface area contributed by atoms with Crippen molar-refractivity contribution in [2.45, 2.75) is 51.3 Å². The summed E-state index contributed by atoms with van der Waals surface area (Å²) in [6.45, 7) is 4.67. The van der Waals surface area contributed by atoms with Gasteiger partial charge >= 0.3 is 12.1 Å². The van der Waals surface area contributed by atoms with Crippen LogP contribution in [0.15, 0.2) is 60.7 Å². The van der Waals surface area contributed by atoms with Crippen LogP contribution in [0.5, 0.6) is 0 Å². The first-order valence-electron chi connectivity index (χ1n) is 10.9. The largest absolute Gasteiger partial charge is 0.480 e. The van der Waals surface area contributed by atoms with Gasteiger partial charge in [0.1, 0.15) is 17.7 Å². The zero-order chi connectivity index (χ0) is 25.1. The van der Waals surface area contributed by atoms with Crippen LogP contribution in [0.4, 0.5) is 4.79 Å². The molecule has 9 nitrogen and oxygen atoms in total. The lowest BCUT2D eigenvalue weighted by molar-refractivity contribution is -0.141. The van der Waals surface area contributed by atoms with Gasteiger partial charge in [0.05, 0.1) is 6.54 Å². The molecule has 0 heterocycles. The van der Waals surface area contributed by atoms with Crippen LogP contribution in [0, 0.1) is 0 Å². The first kappa shape index (κ1) is 26.4.